The number of rotatable bonds is 12. The summed E-state index contributed by atoms with van der Waals surface area (Å²) in [7, 11) is 8.14. The maximum Gasteiger partial charge on any atom is 0.307 e. The number of ketones is 1. The summed E-state index contributed by atoms with van der Waals surface area (Å²) in [6.45, 7) is 7.18. The maximum absolute atomic E-state index is 13.8. The van der Waals surface area contributed by atoms with E-state index in [4.69, 9.17) is 19.2 Å². The summed E-state index contributed by atoms with van der Waals surface area (Å²) in [5.74, 6) is 1.14. The molecule has 0 saturated carbocycles. The van der Waals surface area contributed by atoms with Crippen LogP contribution in [0.3, 0.4) is 0 Å². The van der Waals surface area contributed by atoms with Gasteiger partial charge in [-0.05, 0) is 44.7 Å². The Hall–Kier alpha value is -2.97. The summed E-state index contributed by atoms with van der Waals surface area (Å²) in [4.78, 5) is 31.5. The zero-order valence-electron chi connectivity index (χ0n) is 25.0. The molecule has 0 unspecified atom stereocenters. The fraction of sp³-hybridized carbons (Fsp3) is 0.531. The average molecular weight is 568 g/mol. The molecule has 2 aromatic carbocycles. The van der Waals surface area contributed by atoms with E-state index in [1.807, 2.05) is 45.0 Å². The van der Waals surface area contributed by atoms with Crippen molar-refractivity contribution in [2.45, 2.75) is 64.9 Å². The Balaban J connectivity index is 1.47. The summed E-state index contributed by atoms with van der Waals surface area (Å²) in [5.41, 5.74) is 1.74. The van der Waals surface area contributed by atoms with Crippen molar-refractivity contribution in [1.82, 2.24) is 4.98 Å². The molecule has 0 amide bonds. The molecule has 1 aromatic heterocycles. The van der Waals surface area contributed by atoms with Crippen molar-refractivity contribution in [3.8, 4) is 11.5 Å². The number of nitrogens with zero attached hydrogens (tertiary/aromatic N) is 2. The van der Waals surface area contributed by atoms with E-state index >= 15 is 0 Å². The van der Waals surface area contributed by atoms with Gasteiger partial charge in [-0.1, -0.05) is 24.3 Å². The number of thiazole rings is 1. The van der Waals surface area contributed by atoms with E-state index in [2.05, 4.69) is 33.3 Å². The van der Waals surface area contributed by atoms with Crippen molar-refractivity contribution in [2.24, 2.45) is 5.41 Å². The largest absolute Gasteiger partial charge is 0.493 e. The van der Waals surface area contributed by atoms with Crippen LogP contribution < -0.4 is 9.47 Å². The van der Waals surface area contributed by atoms with Crippen molar-refractivity contribution >= 4 is 33.3 Å². The van der Waals surface area contributed by atoms with E-state index < -0.39 is 11.0 Å². The van der Waals surface area contributed by atoms with Crippen molar-refractivity contribution in [3.63, 3.8) is 0 Å². The molecule has 0 N–H and O–H groups in total. The molecular formula is C32H43N2O5S+. The van der Waals surface area contributed by atoms with Gasteiger partial charge < -0.3 is 18.7 Å². The van der Waals surface area contributed by atoms with Gasteiger partial charge in [0.15, 0.2) is 11.5 Å². The van der Waals surface area contributed by atoms with Gasteiger partial charge in [-0.15, -0.1) is 11.3 Å². The highest BCUT2D eigenvalue weighted by molar-refractivity contribution is 7.18. The number of aromatic nitrogens is 1. The highest BCUT2D eigenvalue weighted by atomic mass is 32.1. The summed E-state index contributed by atoms with van der Waals surface area (Å²) >= 11 is 1.57. The second kappa shape index (κ2) is 11.9. The number of benzene rings is 2. The van der Waals surface area contributed by atoms with E-state index in [1.165, 1.54) is 0 Å². The van der Waals surface area contributed by atoms with Crippen molar-refractivity contribution in [1.29, 1.82) is 0 Å². The molecule has 7 nitrogen and oxygen atoms in total. The van der Waals surface area contributed by atoms with E-state index in [-0.39, 0.29) is 18.2 Å². The van der Waals surface area contributed by atoms with Gasteiger partial charge in [0.05, 0.1) is 63.0 Å². The van der Waals surface area contributed by atoms with Gasteiger partial charge in [0.1, 0.15) is 11.4 Å². The first kappa shape index (κ1) is 30.0. The third-order valence-electron chi connectivity index (χ3n) is 7.19. The molecule has 216 valence electrons. The molecule has 0 radical (unpaired) electrons. The molecule has 40 heavy (non-hydrogen) atoms. The topological polar surface area (TPSA) is 74.7 Å². The predicted molar refractivity (Wildman–Crippen MR) is 159 cm³/mol. The van der Waals surface area contributed by atoms with Crippen LogP contribution in [0.1, 0.15) is 56.2 Å². The second-order valence-electron chi connectivity index (χ2n) is 12.9. The summed E-state index contributed by atoms with van der Waals surface area (Å²) in [6, 6.07) is 12.0. The molecule has 0 aliphatic heterocycles. The maximum atomic E-state index is 13.8. The van der Waals surface area contributed by atoms with Gasteiger partial charge in [-0.25, -0.2) is 4.98 Å². The molecule has 0 bridgehead atoms. The van der Waals surface area contributed by atoms with E-state index in [0.717, 1.165) is 43.8 Å². The minimum atomic E-state index is -0.779. The fourth-order valence-corrected chi connectivity index (χ4v) is 6.32. The number of fused-ring (bicyclic) bond motifs is 2. The number of Topliss-reactive ketones (excluding diaryl/α,β-unsaturated/α-hetero) is 1. The minimum absolute atomic E-state index is 0.0869. The van der Waals surface area contributed by atoms with Crippen LogP contribution in [-0.4, -0.2) is 68.2 Å². The Bertz CT molecular complexity index is 1340. The van der Waals surface area contributed by atoms with Gasteiger partial charge >= 0.3 is 5.97 Å². The van der Waals surface area contributed by atoms with E-state index in [9.17, 15) is 9.59 Å². The zero-order valence-corrected chi connectivity index (χ0v) is 25.8. The number of hydrogen-bond acceptors (Lipinski definition) is 7. The average Bonchev–Trinajstić information content (AvgIpc) is 3.43. The molecular weight excluding hydrogens is 524 g/mol. The highest BCUT2D eigenvalue weighted by Crippen LogP contribution is 2.42. The summed E-state index contributed by atoms with van der Waals surface area (Å²) in [5, 5.41) is 0.885. The number of methoxy groups -OCH3 is 1. The molecule has 0 atom stereocenters. The Kier molecular flexibility index (Phi) is 8.90. The SMILES string of the molecule is COc1cc2sc(CCC(=O)C3(CC(=O)OC(C)(C)C)Cc4ccccc4C3)nc2cc1OCCC[N+](C)(C)C. The first-order chi connectivity index (χ1) is 18.8. The highest BCUT2D eigenvalue weighted by Gasteiger charge is 2.45. The van der Waals surface area contributed by atoms with E-state index in [1.54, 1.807) is 18.4 Å². The van der Waals surface area contributed by atoms with Crippen LogP contribution in [0.5, 0.6) is 11.5 Å². The summed E-state index contributed by atoms with van der Waals surface area (Å²) < 4.78 is 19.2. The van der Waals surface area contributed by atoms with Crippen LogP contribution in [0.4, 0.5) is 0 Å². The second-order valence-corrected chi connectivity index (χ2v) is 14.0. The molecule has 1 aliphatic rings. The smallest absolute Gasteiger partial charge is 0.307 e. The number of hydrogen-bond donors (Lipinski definition) is 0. The molecule has 0 fully saturated rings. The lowest BCUT2D eigenvalue weighted by Crippen LogP contribution is -2.37. The number of carbonyl (C=O) groups is 2. The van der Waals surface area contributed by atoms with Crippen molar-refractivity contribution in [2.75, 3.05) is 41.4 Å². The number of esters is 1. The van der Waals surface area contributed by atoms with Crippen LogP contribution in [0.25, 0.3) is 10.2 Å². The van der Waals surface area contributed by atoms with Crippen LogP contribution in [0.15, 0.2) is 36.4 Å². The van der Waals surface area contributed by atoms with Crippen molar-refractivity contribution in [3.05, 3.63) is 52.5 Å². The van der Waals surface area contributed by atoms with Crippen molar-refractivity contribution < 1.29 is 28.3 Å². The minimum Gasteiger partial charge on any atom is -0.493 e. The van der Waals surface area contributed by atoms with Crippen LogP contribution in [-0.2, 0) is 33.6 Å². The third-order valence-corrected chi connectivity index (χ3v) is 8.26. The Morgan fingerprint density at radius 1 is 1.05 bits per heavy atom. The first-order valence-corrected chi connectivity index (χ1v) is 14.8. The molecule has 0 spiro atoms. The standard InChI is InChI=1S/C32H43N2O5S/c1-31(2,3)39-30(36)21-32(19-22-11-8-9-12-23(22)20-32)28(35)13-14-29-33-24-17-26(25(37-7)18-27(24)40-29)38-16-10-15-34(4,5)6/h8-9,11-12,17-18H,10,13-16,19-21H2,1-7H3/q+1. The normalized spacial score (nSPS) is 14.7. The summed E-state index contributed by atoms with van der Waals surface area (Å²) in [6.07, 6.45) is 2.99. The molecule has 3 aromatic rings. The van der Waals surface area contributed by atoms with Gasteiger partial charge in [0.2, 0.25) is 0 Å². The van der Waals surface area contributed by atoms with Crippen LogP contribution in [0.2, 0.25) is 0 Å². The number of quaternary nitrogens is 1. The van der Waals surface area contributed by atoms with Gasteiger partial charge in [-0.2, -0.15) is 0 Å². The molecule has 1 heterocycles. The molecule has 1 aliphatic carbocycles. The monoisotopic (exact) mass is 567 g/mol. The number of ether oxygens (including phenoxy) is 3. The van der Waals surface area contributed by atoms with Gasteiger partial charge in [-0.3, -0.25) is 9.59 Å². The zero-order chi connectivity index (χ0) is 29.1. The van der Waals surface area contributed by atoms with Gasteiger partial charge in [0, 0.05) is 36.8 Å². The van der Waals surface area contributed by atoms with Gasteiger partial charge in [0.25, 0.3) is 0 Å². The molecule has 0 saturated heterocycles. The quantitative estimate of drug-likeness (QED) is 0.157. The van der Waals surface area contributed by atoms with Crippen LogP contribution >= 0.6 is 11.3 Å². The molecule has 4 rings (SSSR count). The fourth-order valence-electron chi connectivity index (χ4n) is 5.34. The number of carbonyl (C=O) groups excluding carboxylic acids is 2. The number of aryl methyl sites for hydroxylation is 1. The first-order valence-electron chi connectivity index (χ1n) is 14.0. The lowest BCUT2D eigenvalue weighted by atomic mass is 9.76. The molecule has 8 heteroatoms. The Morgan fingerprint density at radius 3 is 2.33 bits per heavy atom. The lowest BCUT2D eigenvalue weighted by Gasteiger charge is -2.28. The lowest BCUT2D eigenvalue weighted by molar-refractivity contribution is -0.870. The van der Waals surface area contributed by atoms with E-state index in [0.29, 0.717) is 43.8 Å². The predicted octanol–water partition coefficient (Wildman–Crippen LogP) is 5.80. The Labute approximate surface area is 242 Å². The Morgan fingerprint density at radius 2 is 1.73 bits per heavy atom. The third kappa shape index (κ3) is 7.61. The van der Waals surface area contributed by atoms with Crippen LogP contribution in [0, 0.1) is 5.41 Å².